The molecule has 3 heterocycles. The van der Waals surface area contributed by atoms with Gasteiger partial charge in [0.2, 0.25) is 5.95 Å². The Balaban J connectivity index is 1.78. The van der Waals surface area contributed by atoms with Gasteiger partial charge < -0.3 is 10.6 Å². The predicted molar refractivity (Wildman–Crippen MR) is 109 cm³/mol. The third-order valence-corrected chi connectivity index (χ3v) is 5.20. The molecule has 1 saturated heterocycles. The fourth-order valence-electron chi connectivity index (χ4n) is 3.66. The first-order chi connectivity index (χ1) is 13.6. The standard InChI is InChI=1S/C21H20ClN5O/c22-16-7-3-5-14(11-16)17-13-25-21(23)26-19(17)18-8-1-2-10-27(18)20(28)15-6-4-9-24-12-15/h3-7,9,11-13,18H,1-2,8,10H2,(H2,23,25,26)/t18-/m0/s1. The number of nitrogens with two attached hydrogens (primary N) is 1. The average Bonchev–Trinajstić information content (AvgIpc) is 2.74. The van der Waals surface area contributed by atoms with Crippen LogP contribution in [0.25, 0.3) is 11.1 Å². The molecule has 6 nitrogen and oxygen atoms in total. The number of carbonyl (C=O) groups excluding carboxylic acids is 1. The third-order valence-electron chi connectivity index (χ3n) is 4.96. The van der Waals surface area contributed by atoms with Crippen molar-refractivity contribution in [3.05, 3.63) is 71.3 Å². The molecule has 1 fully saturated rings. The summed E-state index contributed by atoms with van der Waals surface area (Å²) in [6, 6.07) is 10.9. The number of nitrogen functional groups attached to an aromatic ring is 1. The van der Waals surface area contributed by atoms with Crippen molar-refractivity contribution in [3.8, 4) is 11.1 Å². The molecular formula is C21H20ClN5O. The van der Waals surface area contributed by atoms with E-state index in [0.717, 1.165) is 36.1 Å². The van der Waals surface area contributed by atoms with Gasteiger partial charge in [0.25, 0.3) is 5.91 Å². The second-order valence-electron chi connectivity index (χ2n) is 6.79. The van der Waals surface area contributed by atoms with E-state index in [0.29, 0.717) is 17.1 Å². The average molecular weight is 394 g/mol. The smallest absolute Gasteiger partial charge is 0.255 e. The molecule has 0 spiro atoms. The van der Waals surface area contributed by atoms with Crippen LogP contribution in [0.1, 0.15) is 41.4 Å². The molecule has 4 rings (SSSR count). The number of pyridine rings is 1. The van der Waals surface area contributed by atoms with Crippen LogP contribution in [0.15, 0.2) is 55.0 Å². The quantitative estimate of drug-likeness (QED) is 0.722. The lowest BCUT2D eigenvalue weighted by Crippen LogP contribution is -2.39. The number of anilines is 1. The van der Waals surface area contributed by atoms with Crippen LogP contribution >= 0.6 is 11.6 Å². The first-order valence-electron chi connectivity index (χ1n) is 9.23. The minimum atomic E-state index is -0.180. The van der Waals surface area contributed by atoms with Gasteiger partial charge in [-0.15, -0.1) is 0 Å². The molecule has 7 heteroatoms. The maximum absolute atomic E-state index is 13.2. The number of amides is 1. The van der Waals surface area contributed by atoms with Crippen LogP contribution in [0.4, 0.5) is 5.95 Å². The zero-order chi connectivity index (χ0) is 19.5. The van der Waals surface area contributed by atoms with Gasteiger partial charge in [-0.1, -0.05) is 23.7 Å². The minimum absolute atomic E-state index is 0.0490. The summed E-state index contributed by atoms with van der Waals surface area (Å²) in [5.74, 6) is 0.146. The Labute approximate surface area is 168 Å². The van der Waals surface area contributed by atoms with Crippen LogP contribution in [-0.4, -0.2) is 32.3 Å². The molecule has 2 N–H and O–H groups in total. The van der Waals surface area contributed by atoms with Crippen LogP contribution in [0.3, 0.4) is 0 Å². The number of rotatable bonds is 3. The largest absolute Gasteiger partial charge is 0.368 e. The fraction of sp³-hybridized carbons (Fsp3) is 0.238. The van der Waals surface area contributed by atoms with E-state index >= 15 is 0 Å². The maximum Gasteiger partial charge on any atom is 0.255 e. The summed E-state index contributed by atoms with van der Waals surface area (Å²) in [5, 5.41) is 0.632. The van der Waals surface area contributed by atoms with Crippen molar-refractivity contribution in [2.75, 3.05) is 12.3 Å². The van der Waals surface area contributed by atoms with E-state index in [4.69, 9.17) is 17.3 Å². The molecule has 142 valence electrons. The highest BCUT2D eigenvalue weighted by molar-refractivity contribution is 6.30. The molecule has 1 aliphatic heterocycles. The molecule has 0 radical (unpaired) electrons. The van der Waals surface area contributed by atoms with Gasteiger partial charge in [-0.05, 0) is 49.1 Å². The summed E-state index contributed by atoms with van der Waals surface area (Å²) in [6.45, 7) is 0.664. The zero-order valence-corrected chi connectivity index (χ0v) is 16.0. The summed E-state index contributed by atoms with van der Waals surface area (Å²) in [6.07, 6.45) is 7.75. The van der Waals surface area contributed by atoms with E-state index in [1.165, 1.54) is 0 Å². The van der Waals surface area contributed by atoms with E-state index < -0.39 is 0 Å². The number of nitrogens with zero attached hydrogens (tertiary/aromatic N) is 4. The molecule has 2 aromatic heterocycles. The van der Waals surface area contributed by atoms with Gasteiger partial charge in [-0.3, -0.25) is 9.78 Å². The summed E-state index contributed by atoms with van der Waals surface area (Å²) in [7, 11) is 0. The highest BCUT2D eigenvalue weighted by Gasteiger charge is 2.32. The highest BCUT2D eigenvalue weighted by atomic mass is 35.5. The molecule has 0 bridgehead atoms. The Morgan fingerprint density at radius 1 is 1.18 bits per heavy atom. The molecule has 1 atom stereocenters. The molecule has 1 aliphatic rings. The van der Waals surface area contributed by atoms with Gasteiger partial charge in [0.15, 0.2) is 0 Å². The molecule has 3 aromatic rings. The SMILES string of the molecule is Nc1ncc(-c2cccc(Cl)c2)c([C@@H]2CCCCN2C(=O)c2cccnc2)n1. The molecule has 28 heavy (non-hydrogen) atoms. The molecule has 0 saturated carbocycles. The number of piperidine rings is 1. The Morgan fingerprint density at radius 3 is 2.86 bits per heavy atom. The number of benzene rings is 1. The molecular weight excluding hydrogens is 374 g/mol. The summed E-state index contributed by atoms with van der Waals surface area (Å²) >= 11 is 6.19. The number of hydrogen-bond acceptors (Lipinski definition) is 5. The first kappa shape index (κ1) is 18.4. The lowest BCUT2D eigenvalue weighted by atomic mass is 9.93. The van der Waals surface area contributed by atoms with Crippen molar-refractivity contribution in [3.63, 3.8) is 0 Å². The fourth-order valence-corrected chi connectivity index (χ4v) is 3.85. The van der Waals surface area contributed by atoms with Crippen LogP contribution in [0.2, 0.25) is 5.02 Å². The van der Waals surface area contributed by atoms with Crippen LogP contribution in [0, 0.1) is 0 Å². The summed E-state index contributed by atoms with van der Waals surface area (Å²) < 4.78 is 0. The van der Waals surface area contributed by atoms with Crippen molar-refractivity contribution in [1.29, 1.82) is 0 Å². The van der Waals surface area contributed by atoms with Crippen LogP contribution < -0.4 is 5.73 Å². The van der Waals surface area contributed by atoms with Gasteiger partial charge in [-0.25, -0.2) is 9.97 Å². The lowest BCUT2D eigenvalue weighted by Gasteiger charge is -2.36. The monoisotopic (exact) mass is 393 g/mol. The van der Waals surface area contributed by atoms with Crippen molar-refractivity contribution in [2.24, 2.45) is 0 Å². The van der Waals surface area contributed by atoms with Crippen LogP contribution in [0.5, 0.6) is 0 Å². The Kier molecular flexibility index (Phi) is 5.21. The molecule has 1 aromatic carbocycles. The van der Waals surface area contributed by atoms with Gasteiger partial charge in [0.1, 0.15) is 0 Å². The van der Waals surface area contributed by atoms with Crippen molar-refractivity contribution in [2.45, 2.75) is 25.3 Å². The second kappa shape index (κ2) is 7.94. The van der Waals surface area contributed by atoms with E-state index in [1.54, 1.807) is 30.7 Å². The Bertz CT molecular complexity index is 995. The van der Waals surface area contributed by atoms with Gasteiger partial charge in [0.05, 0.1) is 17.3 Å². The van der Waals surface area contributed by atoms with Gasteiger partial charge in [-0.2, -0.15) is 0 Å². The second-order valence-corrected chi connectivity index (χ2v) is 7.23. The maximum atomic E-state index is 13.2. The van der Waals surface area contributed by atoms with Crippen molar-refractivity contribution >= 4 is 23.5 Å². The Hall–Kier alpha value is -2.99. The summed E-state index contributed by atoms with van der Waals surface area (Å²) in [4.78, 5) is 27.8. The van der Waals surface area contributed by atoms with E-state index in [1.807, 2.05) is 29.2 Å². The topological polar surface area (TPSA) is 85.0 Å². The number of hydrogen-bond donors (Lipinski definition) is 1. The minimum Gasteiger partial charge on any atom is -0.368 e. The lowest BCUT2D eigenvalue weighted by molar-refractivity contribution is 0.0606. The number of aromatic nitrogens is 3. The first-order valence-corrected chi connectivity index (χ1v) is 9.60. The number of carbonyl (C=O) groups is 1. The van der Waals surface area contributed by atoms with Gasteiger partial charge >= 0.3 is 0 Å². The molecule has 0 aliphatic carbocycles. The van der Waals surface area contributed by atoms with E-state index in [-0.39, 0.29) is 17.9 Å². The zero-order valence-electron chi connectivity index (χ0n) is 15.3. The molecule has 1 amide bonds. The van der Waals surface area contributed by atoms with Gasteiger partial charge in [0, 0.05) is 35.7 Å². The Morgan fingerprint density at radius 2 is 2.07 bits per heavy atom. The third kappa shape index (κ3) is 3.68. The van der Waals surface area contributed by atoms with E-state index in [2.05, 4.69) is 15.0 Å². The predicted octanol–water partition coefficient (Wildman–Crippen LogP) is 4.14. The van der Waals surface area contributed by atoms with Crippen LogP contribution in [-0.2, 0) is 0 Å². The normalized spacial score (nSPS) is 16.8. The highest BCUT2D eigenvalue weighted by Crippen LogP contribution is 2.37. The van der Waals surface area contributed by atoms with Crippen molar-refractivity contribution < 1.29 is 4.79 Å². The number of likely N-dealkylation sites (tertiary alicyclic amines) is 1. The van der Waals surface area contributed by atoms with Crippen molar-refractivity contribution in [1.82, 2.24) is 19.9 Å². The van der Waals surface area contributed by atoms with E-state index in [9.17, 15) is 4.79 Å². The summed E-state index contributed by atoms with van der Waals surface area (Å²) in [5.41, 5.74) is 8.98. The molecule has 0 unspecified atom stereocenters. The number of halogens is 1.